The summed E-state index contributed by atoms with van der Waals surface area (Å²) >= 11 is 1.70. The molecule has 2 rings (SSSR count). The Bertz CT molecular complexity index is 323. The minimum absolute atomic E-state index is 0.186. The number of nitrogens with two attached hydrogens (primary N) is 1. The summed E-state index contributed by atoms with van der Waals surface area (Å²) in [5.74, 6) is 5.61. The molecule has 90 valence electrons. The second-order valence-corrected chi connectivity index (χ2v) is 5.21. The summed E-state index contributed by atoms with van der Waals surface area (Å²) in [6.45, 7) is 2.88. The molecule has 1 aromatic heterocycles. The molecule has 2 heterocycles. The number of thiazole rings is 1. The van der Waals surface area contributed by atoms with Gasteiger partial charge in [-0.15, -0.1) is 11.3 Å². The Morgan fingerprint density at radius 2 is 2.56 bits per heavy atom. The van der Waals surface area contributed by atoms with Crippen molar-refractivity contribution in [2.45, 2.75) is 44.8 Å². The minimum atomic E-state index is 0.186. The topological polar surface area (TPSA) is 60.2 Å². The SMILES string of the molecule is Cc1csc(CC(NN)C2CCCCO2)n1. The maximum absolute atomic E-state index is 5.74. The van der Waals surface area contributed by atoms with Crippen LogP contribution in [-0.2, 0) is 11.2 Å². The molecule has 1 aliphatic heterocycles. The fourth-order valence-corrected chi connectivity index (χ4v) is 2.90. The Labute approximate surface area is 100 Å². The molecule has 2 atom stereocenters. The Kier molecular flexibility index (Phi) is 4.29. The largest absolute Gasteiger partial charge is 0.377 e. The molecule has 0 saturated carbocycles. The van der Waals surface area contributed by atoms with Crippen LogP contribution in [0.2, 0.25) is 0 Å². The second kappa shape index (κ2) is 5.72. The first-order valence-electron chi connectivity index (χ1n) is 5.78. The fourth-order valence-electron chi connectivity index (χ4n) is 2.07. The molecule has 3 N–H and O–H groups in total. The molecule has 0 radical (unpaired) electrons. The van der Waals surface area contributed by atoms with Gasteiger partial charge in [0.25, 0.3) is 0 Å². The Balaban J connectivity index is 1.94. The van der Waals surface area contributed by atoms with Crippen LogP contribution >= 0.6 is 11.3 Å². The van der Waals surface area contributed by atoms with Gasteiger partial charge in [-0.3, -0.25) is 11.3 Å². The predicted octanol–water partition coefficient (Wildman–Crippen LogP) is 1.40. The van der Waals surface area contributed by atoms with Crippen LogP contribution in [0.15, 0.2) is 5.38 Å². The molecular weight excluding hydrogens is 222 g/mol. The van der Waals surface area contributed by atoms with Gasteiger partial charge in [0.05, 0.1) is 17.2 Å². The lowest BCUT2D eigenvalue weighted by Crippen LogP contribution is -2.47. The summed E-state index contributed by atoms with van der Waals surface area (Å²) in [7, 11) is 0. The van der Waals surface area contributed by atoms with Crippen LogP contribution in [-0.4, -0.2) is 23.7 Å². The molecule has 2 unspecified atom stereocenters. The smallest absolute Gasteiger partial charge is 0.0945 e. The van der Waals surface area contributed by atoms with E-state index in [0.717, 1.165) is 30.2 Å². The zero-order valence-corrected chi connectivity index (χ0v) is 10.4. The van der Waals surface area contributed by atoms with Gasteiger partial charge in [-0.25, -0.2) is 4.98 Å². The fraction of sp³-hybridized carbons (Fsp3) is 0.727. The lowest BCUT2D eigenvalue weighted by molar-refractivity contribution is -0.00745. The third kappa shape index (κ3) is 3.01. The quantitative estimate of drug-likeness (QED) is 0.618. The third-order valence-corrected chi connectivity index (χ3v) is 3.93. The van der Waals surface area contributed by atoms with Gasteiger partial charge in [-0.1, -0.05) is 0 Å². The molecule has 0 bridgehead atoms. The third-order valence-electron chi connectivity index (χ3n) is 2.94. The van der Waals surface area contributed by atoms with Crippen molar-refractivity contribution in [3.8, 4) is 0 Å². The Hall–Kier alpha value is -0.490. The van der Waals surface area contributed by atoms with Gasteiger partial charge in [0.15, 0.2) is 0 Å². The number of aryl methyl sites for hydroxylation is 1. The van der Waals surface area contributed by atoms with Crippen LogP contribution in [0.5, 0.6) is 0 Å². The molecule has 1 aromatic rings. The van der Waals surface area contributed by atoms with Gasteiger partial charge in [0, 0.05) is 24.1 Å². The molecular formula is C11H19N3OS. The Morgan fingerprint density at radius 1 is 1.69 bits per heavy atom. The highest BCUT2D eigenvalue weighted by atomic mass is 32.1. The first-order chi connectivity index (χ1) is 7.79. The molecule has 1 fully saturated rings. The Morgan fingerprint density at radius 3 is 3.12 bits per heavy atom. The standard InChI is InChI=1S/C11H19N3OS/c1-8-7-16-11(13-8)6-9(14-12)10-4-2-3-5-15-10/h7,9-10,14H,2-6,12H2,1H3. The van der Waals surface area contributed by atoms with Gasteiger partial charge in [-0.2, -0.15) is 0 Å². The lowest BCUT2D eigenvalue weighted by atomic mass is 10.0. The van der Waals surface area contributed by atoms with E-state index in [4.69, 9.17) is 10.6 Å². The van der Waals surface area contributed by atoms with E-state index in [1.165, 1.54) is 12.8 Å². The highest BCUT2D eigenvalue weighted by Gasteiger charge is 2.24. The van der Waals surface area contributed by atoms with Crippen molar-refractivity contribution in [2.24, 2.45) is 5.84 Å². The summed E-state index contributed by atoms with van der Waals surface area (Å²) in [5, 5.41) is 3.21. The number of nitrogens with zero attached hydrogens (tertiary/aromatic N) is 1. The first-order valence-corrected chi connectivity index (χ1v) is 6.66. The van der Waals surface area contributed by atoms with E-state index in [0.29, 0.717) is 0 Å². The predicted molar refractivity (Wildman–Crippen MR) is 65.3 cm³/mol. The van der Waals surface area contributed by atoms with E-state index in [1.54, 1.807) is 11.3 Å². The number of rotatable bonds is 4. The average molecular weight is 241 g/mol. The molecule has 0 aromatic carbocycles. The average Bonchev–Trinajstić information content (AvgIpc) is 2.73. The number of nitrogens with one attached hydrogen (secondary N) is 1. The summed E-state index contributed by atoms with van der Waals surface area (Å²) in [4.78, 5) is 4.46. The summed E-state index contributed by atoms with van der Waals surface area (Å²) < 4.78 is 5.74. The van der Waals surface area contributed by atoms with Crippen LogP contribution in [0.3, 0.4) is 0 Å². The van der Waals surface area contributed by atoms with Crippen LogP contribution in [0.1, 0.15) is 30.0 Å². The molecule has 0 aliphatic carbocycles. The van der Waals surface area contributed by atoms with Gasteiger partial charge in [0.1, 0.15) is 0 Å². The molecule has 5 heteroatoms. The van der Waals surface area contributed by atoms with E-state index in [-0.39, 0.29) is 12.1 Å². The van der Waals surface area contributed by atoms with Crippen molar-refractivity contribution in [3.05, 3.63) is 16.1 Å². The summed E-state index contributed by atoms with van der Waals surface area (Å²) in [6.07, 6.45) is 4.60. The molecule has 0 spiro atoms. The molecule has 1 saturated heterocycles. The maximum Gasteiger partial charge on any atom is 0.0945 e. The normalized spacial score (nSPS) is 23.2. The highest BCUT2D eigenvalue weighted by molar-refractivity contribution is 7.09. The lowest BCUT2D eigenvalue weighted by Gasteiger charge is -2.29. The highest BCUT2D eigenvalue weighted by Crippen LogP contribution is 2.19. The molecule has 4 nitrogen and oxygen atoms in total. The number of aromatic nitrogens is 1. The van der Waals surface area contributed by atoms with Crippen LogP contribution in [0, 0.1) is 6.92 Å². The number of hydrazine groups is 1. The van der Waals surface area contributed by atoms with Gasteiger partial charge in [-0.05, 0) is 26.2 Å². The van der Waals surface area contributed by atoms with Crippen molar-refractivity contribution >= 4 is 11.3 Å². The van der Waals surface area contributed by atoms with Crippen LogP contribution in [0.4, 0.5) is 0 Å². The van der Waals surface area contributed by atoms with Gasteiger partial charge < -0.3 is 4.74 Å². The zero-order valence-electron chi connectivity index (χ0n) is 9.61. The zero-order chi connectivity index (χ0) is 11.4. The summed E-state index contributed by atoms with van der Waals surface area (Å²) in [6, 6.07) is 0.186. The maximum atomic E-state index is 5.74. The van der Waals surface area contributed by atoms with Crippen molar-refractivity contribution in [3.63, 3.8) is 0 Å². The van der Waals surface area contributed by atoms with Crippen LogP contribution < -0.4 is 11.3 Å². The van der Waals surface area contributed by atoms with Crippen molar-refractivity contribution in [1.82, 2.24) is 10.4 Å². The summed E-state index contributed by atoms with van der Waals surface area (Å²) in [5.41, 5.74) is 3.95. The van der Waals surface area contributed by atoms with E-state index in [9.17, 15) is 0 Å². The van der Waals surface area contributed by atoms with Crippen molar-refractivity contribution in [1.29, 1.82) is 0 Å². The molecule has 0 amide bonds. The number of hydrogen-bond donors (Lipinski definition) is 2. The minimum Gasteiger partial charge on any atom is -0.377 e. The number of ether oxygens (including phenoxy) is 1. The van der Waals surface area contributed by atoms with Crippen molar-refractivity contribution in [2.75, 3.05) is 6.61 Å². The van der Waals surface area contributed by atoms with Gasteiger partial charge in [0.2, 0.25) is 0 Å². The van der Waals surface area contributed by atoms with E-state index < -0.39 is 0 Å². The van der Waals surface area contributed by atoms with E-state index in [1.807, 2.05) is 6.92 Å². The molecule has 16 heavy (non-hydrogen) atoms. The first kappa shape index (κ1) is 12.0. The van der Waals surface area contributed by atoms with Crippen LogP contribution in [0.25, 0.3) is 0 Å². The molecule has 1 aliphatic rings. The van der Waals surface area contributed by atoms with Gasteiger partial charge >= 0.3 is 0 Å². The monoisotopic (exact) mass is 241 g/mol. The second-order valence-electron chi connectivity index (χ2n) is 4.26. The number of hydrogen-bond acceptors (Lipinski definition) is 5. The van der Waals surface area contributed by atoms with Crippen molar-refractivity contribution < 1.29 is 4.74 Å². The van der Waals surface area contributed by atoms with E-state index >= 15 is 0 Å². The van der Waals surface area contributed by atoms with E-state index in [2.05, 4.69) is 15.8 Å².